The zero-order valence-electron chi connectivity index (χ0n) is 33.8. The van der Waals surface area contributed by atoms with Crippen molar-refractivity contribution in [1.82, 2.24) is 0 Å². The first-order valence-electron chi connectivity index (χ1n) is 19.2. The minimum Gasteiger partial charge on any atom is -0.480 e. The van der Waals surface area contributed by atoms with Crippen LogP contribution in [0.3, 0.4) is 0 Å². The zero-order valence-corrected chi connectivity index (χ0v) is 34.5. The average Bonchev–Trinajstić information content (AvgIpc) is 3.55. The number of allylic oxidation sites excluding steroid dienone is 9. The van der Waals surface area contributed by atoms with Crippen molar-refractivity contribution in [3.05, 3.63) is 133 Å². The first-order chi connectivity index (χ1) is 27.0. The second-order valence-corrected chi connectivity index (χ2v) is 17.1. The molecular formula is C46H49ClN8O2. The van der Waals surface area contributed by atoms with Crippen LogP contribution in [0.1, 0.15) is 92.6 Å². The predicted octanol–water partition coefficient (Wildman–Crippen LogP) is 12.2. The number of halogens is 1. The van der Waals surface area contributed by atoms with E-state index in [0.717, 1.165) is 49.8 Å². The van der Waals surface area contributed by atoms with Crippen LogP contribution in [0, 0.1) is 45.3 Å². The molecule has 0 fully saturated rings. The number of hydrogen-bond acceptors (Lipinski definition) is 7. The maximum absolute atomic E-state index is 12.7. The topological polar surface area (TPSA) is 162 Å². The molecule has 0 aromatic heterocycles. The van der Waals surface area contributed by atoms with Gasteiger partial charge >= 0.3 is 0 Å². The van der Waals surface area contributed by atoms with Gasteiger partial charge in [-0.15, -0.1) is 0 Å². The minimum absolute atomic E-state index is 0.0103. The minimum atomic E-state index is -0.925. The Hall–Kier alpha value is -5.98. The number of para-hydroxylation sites is 1. The Bertz CT molecular complexity index is 2270. The number of fused-ring (bicyclic) bond motifs is 1. The number of hydrogen-bond donors (Lipinski definition) is 1. The third-order valence-electron chi connectivity index (χ3n) is 11.1. The fourth-order valence-corrected chi connectivity index (χ4v) is 8.01. The van der Waals surface area contributed by atoms with E-state index in [4.69, 9.17) is 21.9 Å². The lowest BCUT2D eigenvalue weighted by Crippen LogP contribution is -2.27. The van der Waals surface area contributed by atoms with Crippen molar-refractivity contribution in [1.29, 1.82) is 15.8 Å². The van der Waals surface area contributed by atoms with E-state index in [0.29, 0.717) is 34.3 Å². The fourth-order valence-electron chi connectivity index (χ4n) is 7.73. The van der Waals surface area contributed by atoms with Crippen LogP contribution in [0.5, 0.6) is 0 Å². The summed E-state index contributed by atoms with van der Waals surface area (Å²) in [7, 11) is 0. The van der Waals surface area contributed by atoms with Gasteiger partial charge in [-0.1, -0.05) is 106 Å². The van der Waals surface area contributed by atoms with Gasteiger partial charge < -0.3 is 15.0 Å². The zero-order chi connectivity index (χ0) is 41.5. The highest BCUT2D eigenvalue weighted by atomic mass is 35.5. The molecule has 5 rings (SSSR count). The predicted molar refractivity (Wildman–Crippen MR) is 226 cm³/mol. The van der Waals surface area contributed by atoms with Gasteiger partial charge in [0.1, 0.15) is 29.4 Å². The highest BCUT2D eigenvalue weighted by molar-refractivity contribution is 6.32. The first-order valence-corrected chi connectivity index (χ1v) is 19.6. The van der Waals surface area contributed by atoms with Gasteiger partial charge in [0.05, 0.1) is 0 Å². The molecular weight excluding hydrogens is 732 g/mol. The number of unbranched alkanes of at least 4 members (excludes halogenated alkanes) is 2. The summed E-state index contributed by atoms with van der Waals surface area (Å²) < 4.78 is 5.99. The van der Waals surface area contributed by atoms with Gasteiger partial charge in [-0.2, -0.15) is 15.8 Å². The Kier molecular flexibility index (Phi) is 12.9. The summed E-state index contributed by atoms with van der Waals surface area (Å²) in [6.07, 6.45) is 12.7. The maximum atomic E-state index is 12.7. The summed E-state index contributed by atoms with van der Waals surface area (Å²) in [5.74, 6) is 0.251. The van der Waals surface area contributed by atoms with Gasteiger partial charge in [-0.3, -0.25) is 4.79 Å². The van der Waals surface area contributed by atoms with Crippen molar-refractivity contribution >= 4 is 34.6 Å². The molecule has 1 atom stereocenters. The molecule has 57 heavy (non-hydrogen) atoms. The number of amides is 1. The lowest BCUT2D eigenvalue weighted by atomic mass is 9.70. The van der Waals surface area contributed by atoms with Crippen molar-refractivity contribution in [2.45, 2.75) is 98.0 Å². The molecule has 1 unspecified atom stereocenters. The van der Waals surface area contributed by atoms with Crippen LogP contribution in [-0.2, 0) is 14.9 Å². The van der Waals surface area contributed by atoms with Crippen LogP contribution in [0.15, 0.2) is 122 Å². The summed E-state index contributed by atoms with van der Waals surface area (Å²) in [6.45, 7) is 15.7. The summed E-state index contributed by atoms with van der Waals surface area (Å²) >= 11 is 7.27. The Labute approximate surface area is 341 Å². The summed E-state index contributed by atoms with van der Waals surface area (Å²) in [6, 6.07) is 21.2. The van der Waals surface area contributed by atoms with Crippen LogP contribution in [0.4, 0.5) is 17.1 Å². The number of carbonyl (C=O) groups is 1. The third kappa shape index (κ3) is 9.36. The van der Waals surface area contributed by atoms with Gasteiger partial charge in [-0.05, 0) is 97.4 Å². The number of benzene rings is 2. The molecule has 1 N–H and O–H groups in total. The van der Waals surface area contributed by atoms with Gasteiger partial charge in [0.15, 0.2) is 11.3 Å². The number of anilines is 2. The molecule has 10 nitrogen and oxygen atoms in total. The molecule has 0 saturated carbocycles. The molecule has 292 valence electrons. The van der Waals surface area contributed by atoms with Crippen molar-refractivity contribution in [2.24, 2.45) is 16.4 Å². The molecule has 2 aromatic carbocycles. The van der Waals surface area contributed by atoms with Gasteiger partial charge in [0.25, 0.3) is 0 Å². The molecule has 3 aliphatic rings. The monoisotopic (exact) mass is 780 g/mol. The molecule has 1 aliphatic carbocycles. The van der Waals surface area contributed by atoms with E-state index >= 15 is 0 Å². The fraction of sp³-hybridized carbons (Fsp3) is 0.391. The molecule has 0 bridgehead atoms. The van der Waals surface area contributed by atoms with E-state index < -0.39 is 5.60 Å². The average molecular weight is 781 g/mol. The van der Waals surface area contributed by atoms with Crippen molar-refractivity contribution in [3.8, 4) is 18.2 Å². The number of nitrogens with zero attached hydrogens (tertiary/aromatic N) is 7. The molecule has 2 aromatic rings. The Morgan fingerprint density at radius 1 is 1.02 bits per heavy atom. The first kappa shape index (κ1) is 42.2. The molecule has 2 heterocycles. The quantitative estimate of drug-likeness (QED) is 0.0784. The SMILES string of the molecule is CC1(C)OC(=C(C#N)C#N)C(C#N)=C1C=CC1=C(Cl)C(=CC=C2N(CCCCCC(=O)Nc3ccc(N=[N+]=[N-])cc3)c3ccccc3C2(C)C)CC(C(C)(C)C)C1. The van der Waals surface area contributed by atoms with E-state index in [2.05, 4.69) is 97.3 Å². The van der Waals surface area contributed by atoms with Crippen LogP contribution < -0.4 is 10.2 Å². The Balaban J connectivity index is 1.39. The van der Waals surface area contributed by atoms with Gasteiger partial charge in [-0.25, -0.2) is 0 Å². The van der Waals surface area contributed by atoms with E-state index in [9.17, 15) is 20.6 Å². The standard InChI is InChI=1S/C46H49ClN8O2/c1-44(2,3)33-25-30(16-22-37-36(29-50)43(32(27-48)28-49)57-46(37,6)7)42(47)31(26-33)17-23-40-45(4,5)38-13-10-11-14-39(38)55(40)24-12-8-9-15-41(56)52-34-18-20-35(21-19-34)53-54-51/h10-11,13-14,16-23,33H,8-9,12,15,24-26H2,1-7H3,(H,52,56). The summed E-state index contributed by atoms with van der Waals surface area (Å²) in [4.78, 5) is 17.8. The number of nitriles is 3. The lowest BCUT2D eigenvalue weighted by molar-refractivity contribution is -0.116. The Morgan fingerprint density at radius 3 is 2.37 bits per heavy atom. The van der Waals surface area contributed by atoms with E-state index in [1.54, 1.807) is 24.3 Å². The van der Waals surface area contributed by atoms with E-state index in [-0.39, 0.29) is 33.6 Å². The van der Waals surface area contributed by atoms with Crippen LogP contribution in [0.2, 0.25) is 0 Å². The third-order valence-corrected chi connectivity index (χ3v) is 11.6. The molecule has 2 aliphatic heterocycles. The Morgan fingerprint density at radius 2 is 1.72 bits per heavy atom. The molecule has 1 amide bonds. The van der Waals surface area contributed by atoms with Gasteiger partial charge in [0.2, 0.25) is 5.91 Å². The highest BCUT2D eigenvalue weighted by Crippen LogP contribution is 2.49. The molecule has 0 saturated heterocycles. The summed E-state index contributed by atoms with van der Waals surface area (Å²) in [5, 5.41) is 36.3. The maximum Gasteiger partial charge on any atom is 0.224 e. The number of ether oxygens (including phenoxy) is 1. The second kappa shape index (κ2) is 17.4. The number of nitrogens with one attached hydrogen (secondary N) is 1. The number of carbonyl (C=O) groups excluding carboxylic acids is 1. The van der Waals surface area contributed by atoms with Crippen LogP contribution in [0.25, 0.3) is 10.4 Å². The van der Waals surface area contributed by atoms with Crippen molar-refractivity contribution in [3.63, 3.8) is 0 Å². The lowest BCUT2D eigenvalue weighted by Gasteiger charge is -2.36. The van der Waals surface area contributed by atoms with Crippen LogP contribution >= 0.6 is 11.6 Å². The van der Waals surface area contributed by atoms with E-state index in [1.807, 2.05) is 38.1 Å². The van der Waals surface area contributed by atoms with Crippen LogP contribution in [-0.4, -0.2) is 18.1 Å². The van der Waals surface area contributed by atoms with Crippen molar-refractivity contribution < 1.29 is 9.53 Å². The molecule has 0 radical (unpaired) electrons. The largest absolute Gasteiger partial charge is 0.480 e. The van der Waals surface area contributed by atoms with E-state index in [1.165, 1.54) is 16.9 Å². The second-order valence-electron chi connectivity index (χ2n) is 16.7. The molecule has 11 heteroatoms. The smallest absolute Gasteiger partial charge is 0.224 e. The highest BCUT2D eigenvalue weighted by Gasteiger charge is 2.41. The summed E-state index contributed by atoms with van der Waals surface area (Å²) in [5.41, 5.74) is 14.7. The van der Waals surface area contributed by atoms with Gasteiger partial charge in [0, 0.05) is 56.7 Å². The number of azide groups is 1. The normalized spacial score (nSPS) is 19.8. The van der Waals surface area contributed by atoms with Crippen molar-refractivity contribution in [2.75, 3.05) is 16.8 Å². The molecule has 0 spiro atoms. The number of rotatable bonds is 11.